The molecule has 0 N–H and O–H groups in total. The second-order valence-corrected chi connectivity index (χ2v) is 6.50. The summed E-state index contributed by atoms with van der Waals surface area (Å²) < 4.78 is 5.67. The molecule has 0 spiro atoms. The van der Waals surface area contributed by atoms with Crippen molar-refractivity contribution in [2.24, 2.45) is 5.92 Å². The second-order valence-electron chi connectivity index (χ2n) is 6.50. The van der Waals surface area contributed by atoms with Crippen LogP contribution in [0.1, 0.15) is 24.3 Å². The topological polar surface area (TPSA) is 69.4 Å². The summed E-state index contributed by atoms with van der Waals surface area (Å²) in [4.78, 5) is 23.6. The van der Waals surface area contributed by atoms with E-state index < -0.39 is 0 Å². The van der Waals surface area contributed by atoms with Gasteiger partial charge >= 0.3 is 5.97 Å². The highest BCUT2D eigenvalue weighted by molar-refractivity contribution is 5.91. The van der Waals surface area contributed by atoms with Gasteiger partial charge in [0.05, 0.1) is 10.8 Å². The Morgan fingerprint density at radius 3 is 2.46 bits per heavy atom. The summed E-state index contributed by atoms with van der Waals surface area (Å²) in [5.74, 6) is -0.314. The maximum absolute atomic E-state index is 12.7. The highest BCUT2D eigenvalue weighted by Gasteiger charge is 2.41. The second kappa shape index (κ2) is 6.59. The quantitative estimate of drug-likeness (QED) is 0.293. The monoisotopic (exact) mass is 347 g/mol. The van der Waals surface area contributed by atoms with Crippen LogP contribution in [-0.4, -0.2) is 10.9 Å². The Labute approximate surface area is 150 Å². The van der Waals surface area contributed by atoms with Gasteiger partial charge in [-0.1, -0.05) is 54.6 Å². The van der Waals surface area contributed by atoms with Gasteiger partial charge in [0.1, 0.15) is 5.75 Å². The summed E-state index contributed by atoms with van der Waals surface area (Å²) >= 11 is 0. The molecule has 26 heavy (non-hydrogen) atoms. The van der Waals surface area contributed by atoms with Crippen LogP contribution in [0.5, 0.6) is 5.75 Å². The summed E-state index contributed by atoms with van der Waals surface area (Å²) in [5, 5.41) is 13.2. The lowest BCUT2D eigenvalue weighted by molar-refractivity contribution is -0.385. The summed E-state index contributed by atoms with van der Waals surface area (Å²) in [6, 6.07) is 19.9. The lowest BCUT2D eigenvalue weighted by atomic mass is 9.69. The van der Waals surface area contributed by atoms with Crippen LogP contribution >= 0.6 is 0 Å². The minimum absolute atomic E-state index is 0.0696. The van der Waals surface area contributed by atoms with Crippen molar-refractivity contribution in [3.05, 3.63) is 82.4 Å². The molecule has 3 aromatic carbocycles. The largest absolute Gasteiger partial charge is 0.426 e. The van der Waals surface area contributed by atoms with Crippen molar-refractivity contribution in [1.82, 2.24) is 0 Å². The highest BCUT2D eigenvalue weighted by Crippen LogP contribution is 2.46. The van der Waals surface area contributed by atoms with E-state index >= 15 is 0 Å². The molecule has 0 aliphatic heterocycles. The Morgan fingerprint density at radius 2 is 1.69 bits per heavy atom. The average Bonchev–Trinajstić information content (AvgIpc) is 2.61. The maximum atomic E-state index is 12.7. The number of fused-ring (bicyclic) bond motifs is 1. The first kappa shape index (κ1) is 16.3. The van der Waals surface area contributed by atoms with E-state index in [1.54, 1.807) is 24.3 Å². The van der Waals surface area contributed by atoms with Gasteiger partial charge in [0.25, 0.3) is 5.69 Å². The molecule has 0 bridgehead atoms. The van der Waals surface area contributed by atoms with E-state index in [1.807, 2.05) is 36.4 Å². The first-order valence-corrected chi connectivity index (χ1v) is 8.58. The first-order chi connectivity index (χ1) is 12.6. The van der Waals surface area contributed by atoms with E-state index in [0.717, 1.165) is 17.2 Å². The van der Waals surface area contributed by atoms with Crippen LogP contribution in [0, 0.1) is 16.0 Å². The van der Waals surface area contributed by atoms with Crippen molar-refractivity contribution in [2.45, 2.75) is 18.8 Å². The van der Waals surface area contributed by atoms with Crippen LogP contribution in [-0.2, 0) is 4.79 Å². The molecule has 1 aliphatic rings. The minimum atomic E-state index is -0.388. The number of para-hydroxylation sites is 1. The molecule has 130 valence electrons. The zero-order valence-electron chi connectivity index (χ0n) is 14.0. The molecule has 0 amide bonds. The van der Waals surface area contributed by atoms with Gasteiger partial charge in [0, 0.05) is 22.9 Å². The van der Waals surface area contributed by atoms with E-state index in [9.17, 15) is 14.9 Å². The number of carbonyl (C=O) groups excluding carboxylic acids is 1. The van der Waals surface area contributed by atoms with Crippen LogP contribution in [0.3, 0.4) is 0 Å². The summed E-state index contributed by atoms with van der Waals surface area (Å²) in [6.45, 7) is 0. The fourth-order valence-electron chi connectivity index (χ4n) is 3.59. The van der Waals surface area contributed by atoms with Gasteiger partial charge < -0.3 is 4.74 Å². The minimum Gasteiger partial charge on any atom is -0.426 e. The zero-order valence-corrected chi connectivity index (χ0v) is 14.0. The molecule has 0 heterocycles. The van der Waals surface area contributed by atoms with E-state index in [1.165, 1.54) is 6.07 Å². The Kier molecular flexibility index (Phi) is 4.13. The smallest absolute Gasteiger partial charge is 0.314 e. The number of benzene rings is 3. The molecule has 3 aromatic rings. The molecular formula is C21H17NO4. The molecule has 1 saturated carbocycles. The van der Waals surface area contributed by atoms with Gasteiger partial charge in [-0.25, -0.2) is 0 Å². The Hall–Kier alpha value is -3.21. The molecule has 5 heteroatoms. The standard InChI is InChI=1S/C21H17NO4/c23-21(26-20-11-5-7-14-6-1-2-8-15(14)20)18-13-12-16(18)17-9-3-4-10-19(17)22(24)25/h1-11,16,18H,12-13H2/t16?,18-/m1/s1. The molecule has 1 unspecified atom stereocenters. The maximum Gasteiger partial charge on any atom is 0.314 e. The van der Waals surface area contributed by atoms with Crippen molar-refractivity contribution < 1.29 is 14.5 Å². The molecule has 1 aliphatic carbocycles. The first-order valence-electron chi connectivity index (χ1n) is 8.58. The van der Waals surface area contributed by atoms with Gasteiger partial charge in [-0.05, 0) is 24.3 Å². The third kappa shape index (κ3) is 2.81. The van der Waals surface area contributed by atoms with Crippen LogP contribution in [0.4, 0.5) is 5.69 Å². The predicted molar refractivity (Wildman–Crippen MR) is 98.1 cm³/mol. The normalized spacial score (nSPS) is 18.9. The number of nitro groups is 1. The molecule has 0 aromatic heterocycles. The molecule has 4 rings (SSSR count). The summed E-state index contributed by atoms with van der Waals surface area (Å²) in [5.41, 5.74) is 0.684. The van der Waals surface area contributed by atoms with Gasteiger partial charge in [0.15, 0.2) is 0 Å². The van der Waals surface area contributed by atoms with Crippen LogP contribution in [0.15, 0.2) is 66.7 Å². The van der Waals surface area contributed by atoms with Gasteiger partial charge in [-0.3, -0.25) is 14.9 Å². The summed E-state index contributed by atoms with van der Waals surface area (Å²) in [6.07, 6.45) is 1.43. The van der Waals surface area contributed by atoms with Gasteiger partial charge in [0.2, 0.25) is 0 Å². The number of ether oxygens (including phenoxy) is 1. The zero-order chi connectivity index (χ0) is 18.1. The third-order valence-electron chi connectivity index (χ3n) is 5.07. The fourth-order valence-corrected chi connectivity index (χ4v) is 3.59. The fraction of sp³-hybridized carbons (Fsp3) is 0.190. The number of nitro benzene ring substituents is 1. The van der Waals surface area contributed by atoms with Crippen molar-refractivity contribution in [3.8, 4) is 5.75 Å². The number of esters is 1. The Bertz CT molecular complexity index is 993. The van der Waals surface area contributed by atoms with Gasteiger partial charge in [-0.2, -0.15) is 0 Å². The number of hydrogen-bond donors (Lipinski definition) is 0. The lowest BCUT2D eigenvalue weighted by Gasteiger charge is -2.34. The van der Waals surface area contributed by atoms with Crippen molar-refractivity contribution in [2.75, 3.05) is 0 Å². The molecular weight excluding hydrogens is 330 g/mol. The average molecular weight is 347 g/mol. The highest BCUT2D eigenvalue weighted by atomic mass is 16.6. The summed E-state index contributed by atoms with van der Waals surface area (Å²) in [7, 11) is 0. The van der Waals surface area contributed by atoms with Gasteiger partial charge in [-0.15, -0.1) is 0 Å². The SMILES string of the molecule is O=C(Oc1cccc2ccccc12)[C@@H]1CCC1c1ccccc1[N+](=O)[O-]. The Morgan fingerprint density at radius 1 is 0.962 bits per heavy atom. The van der Waals surface area contributed by atoms with Crippen LogP contribution < -0.4 is 4.74 Å². The Balaban J connectivity index is 1.59. The molecule has 0 saturated heterocycles. The van der Waals surface area contributed by atoms with Crippen LogP contribution in [0.2, 0.25) is 0 Å². The number of carbonyl (C=O) groups is 1. The van der Waals surface area contributed by atoms with E-state index in [0.29, 0.717) is 17.7 Å². The number of rotatable bonds is 4. The van der Waals surface area contributed by atoms with Crippen molar-refractivity contribution >= 4 is 22.4 Å². The van der Waals surface area contributed by atoms with E-state index in [-0.39, 0.29) is 28.4 Å². The third-order valence-corrected chi connectivity index (χ3v) is 5.07. The molecule has 1 fully saturated rings. The molecule has 2 atom stereocenters. The predicted octanol–water partition coefficient (Wildman–Crippen LogP) is 4.85. The molecule has 5 nitrogen and oxygen atoms in total. The van der Waals surface area contributed by atoms with E-state index in [2.05, 4.69) is 0 Å². The van der Waals surface area contributed by atoms with Crippen LogP contribution in [0.25, 0.3) is 10.8 Å². The van der Waals surface area contributed by atoms with Crippen molar-refractivity contribution in [3.63, 3.8) is 0 Å². The molecule has 0 radical (unpaired) electrons. The lowest BCUT2D eigenvalue weighted by Crippen LogP contribution is -2.34. The van der Waals surface area contributed by atoms with Crippen molar-refractivity contribution in [1.29, 1.82) is 0 Å². The number of nitrogens with zero attached hydrogens (tertiary/aromatic N) is 1. The van der Waals surface area contributed by atoms with E-state index in [4.69, 9.17) is 4.74 Å². The number of hydrogen-bond acceptors (Lipinski definition) is 4.